The first-order valence-corrected chi connectivity index (χ1v) is 7.31. The zero-order valence-corrected chi connectivity index (χ0v) is 12.0. The second-order valence-electron chi connectivity index (χ2n) is 5.27. The van der Waals surface area contributed by atoms with Gasteiger partial charge in [0, 0.05) is 6.42 Å². The van der Waals surface area contributed by atoms with E-state index in [1.165, 1.54) is 0 Å². The van der Waals surface area contributed by atoms with Gasteiger partial charge in [-0.05, 0) is 19.4 Å². The van der Waals surface area contributed by atoms with Gasteiger partial charge in [-0.3, -0.25) is 4.79 Å². The molecule has 7 N–H and O–H groups in total. The molecule has 1 aliphatic heterocycles. The second kappa shape index (κ2) is 9.29. The molecule has 0 aromatic carbocycles. The van der Waals surface area contributed by atoms with Gasteiger partial charge >= 0.3 is 0 Å². The summed E-state index contributed by atoms with van der Waals surface area (Å²) in [6.07, 6.45) is -2.75. The van der Waals surface area contributed by atoms with Crippen LogP contribution in [0.1, 0.15) is 32.1 Å². The Hall–Kier alpha value is -0.770. The van der Waals surface area contributed by atoms with Crippen LogP contribution in [0.15, 0.2) is 0 Å². The van der Waals surface area contributed by atoms with E-state index in [2.05, 4.69) is 5.32 Å². The Bertz CT molecular complexity index is 315. The Labute approximate surface area is 123 Å². The minimum atomic E-state index is -1.48. The number of carbonyl (C=O) groups is 1. The molecule has 0 aromatic heterocycles. The number of ether oxygens (including phenoxy) is 1. The number of amides is 1. The number of unbranched alkanes of at least 4 members (excludes halogenated alkanes) is 3. The quantitative estimate of drug-likeness (QED) is 0.279. The number of nitrogens with one attached hydrogen (secondary N) is 1. The number of nitrogens with two attached hydrogens (primary N) is 1. The monoisotopic (exact) mass is 306 g/mol. The number of hydrogen-bond donors (Lipinski definition) is 6. The van der Waals surface area contributed by atoms with E-state index in [4.69, 9.17) is 15.6 Å². The van der Waals surface area contributed by atoms with Gasteiger partial charge in [0.25, 0.3) is 0 Å². The molecule has 8 heteroatoms. The highest BCUT2D eigenvalue weighted by molar-refractivity contribution is 5.76. The van der Waals surface area contributed by atoms with E-state index in [9.17, 15) is 20.1 Å². The van der Waals surface area contributed by atoms with E-state index in [0.717, 1.165) is 19.3 Å². The van der Waals surface area contributed by atoms with Gasteiger partial charge in [0.15, 0.2) is 6.23 Å². The van der Waals surface area contributed by atoms with Crippen molar-refractivity contribution in [1.82, 2.24) is 5.32 Å². The Morgan fingerprint density at radius 1 is 1.05 bits per heavy atom. The first-order chi connectivity index (χ1) is 10.0. The third-order valence-corrected chi connectivity index (χ3v) is 3.55. The van der Waals surface area contributed by atoms with Crippen LogP contribution < -0.4 is 11.1 Å². The van der Waals surface area contributed by atoms with Gasteiger partial charge in [0.1, 0.15) is 24.4 Å². The molecule has 1 saturated heterocycles. The van der Waals surface area contributed by atoms with Crippen molar-refractivity contribution < 1.29 is 30.0 Å². The molecule has 1 fully saturated rings. The van der Waals surface area contributed by atoms with E-state index in [-0.39, 0.29) is 12.3 Å². The van der Waals surface area contributed by atoms with E-state index in [1.54, 1.807) is 0 Å². The van der Waals surface area contributed by atoms with Gasteiger partial charge in [-0.15, -0.1) is 0 Å². The summed E-state index contributed by atoms with van der Waals surface area (Å²) in [5.74, 6) is -0.313. The van der Waals surface area contributed by atoms with Crippen molar-refractivity contribution in [2.75, 3.05) is 13.2 Å². The summed E-state index contributed by atoms with van der Waals surface area (Å²) < 4.78 is 5.19. The van der Waals surface area contributed by atoms with E-state index < -0.39 is 37.3 Å². The predicted octanol–water partition coefficient (Wildman–Crippen LogP) is -2.19. The van der Waals surface area contributed by atoms with Crippen LogP contribution in [0.4, 0.5) is 0 Å². The number of carbonyl (C=O) groups excluding carboxylic acids is 1. The molecule has 21 heavy (non-hydrogen) atoms. The van der Waals surface area contributed by atoms with Crippen LogP contribution >= 0.6 is 0 Å². The molecule has 0 bridgehead atoms. The van der Waals surface area contributed by atoms with Crippen LogP contribution in [0, 0.1) is 0 Å². The normalized spacial score (nSPS) is 32.9. The summed E-state index contributed by atoms with van der Waals surface area (Å²) in [5.41, 5.74) is 5.37. The standard InChI is InChI=1S/C13H26N2O6/c14-6-4-2-1-3-5-9(17)15-13-12(20)11(19)10(18)8(7-16)21-13/h8,10-13,16,18-20H,1-7,14H2,(H,15,17)/t8-,10+,11+,12-,13-/m1/s1. The molecule has 0 radical (unpaired) electrons. The fraction of sp³-hybridized carbons (Fsp3) is 0.923. The summed E-state index contributed by atoms with van der Waals surface area (Å²) in [4.78, 5) is 11.7. The maximum atomic E-state index is 11.7. The van der Waals surface area contributed by atoms with Crippen molar-refractivity contribution in [2.24, 2.45) is 5.73 Å². The highest BCUT2D eigenvalue weighted by Crippen LogP contribution is 2.19. The molecule has 0 spiro atoms. The maximum Gasteiger partial charge on any atom is 0.222 e. The first kappa shape index (κ1) is 18.3. The van der Waals surface area contributed by atoms with Crippen molar-refractivity contribution in [1.29, 1.82) is 0 Å². The summed E-state index contributed by atoms with van der Waals surface area (Å²) in [6.45, 7) is 0.119. The van der Waals surface area contributed by atoms with Gasteiger partial charge < -0.3 is 36.2 Å². The Balaban J connectivity index is 2.36. The van der Waals surface area contributed by atoms with Gasteiger partial charge in [-0.25, -0.2) is 0 Å². The van der Waals surface area contributed by atoms with Crippen LogP contribution in [0.2, 0.25) is 0 Å². The highest BCUT2D eigenvalue weighted by atomic mass is 16.6. The molecule has 0 aromatic rings. The first-order valence-electron chi connectivity index (χ1n) is 7.31. The Morgan fingerprint density at radius 3 is 2.33 bits per heavy atom. The van der Waals surface area contributed by atoms with Gasteiger partial charge in [-0.1, -0.05) is 12.8 Å². The lowest BCUT2D eigenvalue weighted by atomic mass is 9.98. The molecule has 0 aliphatic carbocycles. The molecule has 8 nitrogen and oxygen atoms in total. The van der Waals surface area contributed by atoms with E-state index >= 15 is 0 Å². The minimum absolute atomic E-state index is 0.277. The fourth-order valence-corrected chi connectivity index (χ4v) is 2.24. The van der Waals surface area contributed by atoms with Crippen molar-refractivity contribution in [3.05, 3.63) is 0 Å². The average Bonchev–Trinajstić information content (AvgIpc) is 2.47. The van der Waals surface area contributed by atoms with E-state index in [0.29, 0.717) is 13.0 Å². The number of aliphatic hydroxyl groups excluding tert-OH is 4. The van der Waals surface area contributed by atoms with E-state index in [1.807, 2.05) is 0 Å². The fourth-order valence-electron chi connectivity index (χ4n) is 2.24. The summed E-state index contributed by atoms with van der Waals surface area (Å²) >= 11 is 0. The van der Waals surface area contributed by atoms with Gasteiger partial charge in [-0.2, -0.15) is 0 Å². The van der Waals surface area contributed by atoms with Crippen molar-refractivity contribution in [3.63, 3.8) is 0 Å². The van der Waals surface area contributed by atoms with Crippen LogP contribution in [-0.2, 0) is 9.53 Å². The Kier molecular flexibility index (Phi) is 8.09. The highest BCUT2D eigenvalue weighted by Gasteiger charge is 2.43. The lowest BCUT2D eigenvalue weighted by Gasteiger charge is -2.40. The molecular formula is C13H26N2O6. The topological polar surface area (TPSA) is 145 Å². The van der Waals surface area contributed by atoms with Crippen LogP contribution in [0.3, 0.4) is 0 Å². The molecule has 5 atom stereocenters. The van der Waals surface area contributed by atoms with Crippen LogP contribution in [-0.4, -0.2) is 70.1 Å². The Morgan fingerprint density at radius 2 is 1.71 bits per heavy atom. The maximum absolute atomic E-state index is 11.7. The largest absolute Gasteiger partial charge is 0.394 e. The van der Waals surface area contributed by atoms with Crippen LogP contribution in [0.5, 0.6) is 0 Å². The third kappa shape index (κ3) is 5.50. The van der Waals surface area contributed by atoms with Crippen molar-refractivity contribution >= 4 is 5.91 Å². The minimum Gasteiger partial charge on any atom is -0.394 e. The van der Waals surface area contributed by atoms with Crippen molar-refractivity contribution in [3.8, 4) is 0 Å². The molecule has 0 saturated carbocycles. The molecule has 124 valence electrons. The van der Waals surface area contributed by atoms with Gasteiger partial charge in [0.2, 0.25) is 5.91 Å². The zero-order chi connectivity index (χ0) is 15.8. The smallest absolute Gasteiger partial charge is 0.222 e. The molecule has 1 heterocycles. The second-order valence-corrected chi connectivity index (χ2v) is 5.27. The average molecular weight is 306 g/mol. The van der Waals surface area contributed by atoms with Crippen molar-refractivity contribution in [2.45, 2.75) is 62.7 Å². The van der Waals surface area contributed by atoms with Gasteiger partial charge in [0.05, 0.1) is 6.61 Å². The molecule has 1 rings (SSSR count). The molecule has 1 amide bonds. The number of hydrogen-bond acceptors (Lipinski definition) is 7. The van der Waals surface area contributed by atoms with Crippen LogP contribution in [0.25, 0.3) is 0 Å². The predicted molar refractivity (Wildman–Crippen MR) is 74.0 cm³/mol. The molecule has 1 aliphatic rings. The molecule has 0 unspecified atom stereocenters. The number of aliphatic hydroxyl groups is 4. The summed E-state index contributed by atoms with van der Waals surface area (Å²) in [7, 11) is 0. The lowest BCUT2D eigenvalue weighted by Crippen LogP contribution is -2.63. The lowest BCUT2D eigenvalue weighted by molar-refractivity contribution is -0.236. The summed E-state index contributed by atoms with van der Waals surface area (Å²) in [5, 5.41) is 40.5. The summed E-state index contributed by atoms with van der Waals surface area (Å²) in [6, 6.07) is 0. The number of rotatable bonds is 8. The zero-order valence-electron chi connectivity index (χ0n) is 12.0. The SMILES string of the molecule is NCCCCCCC(=O)N[C@@H]1O[C@H](CO)[C@H](O)[C@H](O)[C@H]1O. The molecular weight excluding hydrogens is 280 g/mol. The third-order valence-electron chi connectivity index (χ3n) is 3.55.